The second-order valence-corrected chi connectivity index (χ2v) is 6.52. The summed E-state index contributed by atoms with van der Waals surface area (Å²) in [6.07, 6.45) is 0. The van der Waals surface area contributed by atoms with Gasteiger partial charge >= 0.3 is 0 Å². The number of piperazine rings is 1. The molecule has 21 heavy (non-hydrogen) atoms. The monoisotopic (exact) mass is 289 g/mol. The number of benzene rings is 1. The Hall–Kier alpha value is -1.06. The van der Waals surface area contributed by atoms with E-state index in [0.717, 1.165) is 19.6 Å². The summed E-state index contributed by atoms with van der Waals surface area (Å²) < 4.78 is 0. The molecule has 1 aromatic rings. The van der Waals surface area contributed by atoms with E-state index in [1.54, 1.807) is 0 Å². The van der Waals surface area contributed by atoms with Crippen LogP contribution in [0.3, 0.4) is 0 Å². The maximum atomic E-state index is 3.30. The molecule has 1 aromatic carbocycles. The lowest BCUT2D eigenvalue weighted by molar-refractivity contribution is 0.152. The van der Waals surface area contributed by atoms with E-state index in [9.17, 15) is 0 Å². The number of rotatable bonds is 5. The second kappa shape index (κ2) is 7.28. The van der Waals surface area contributed by atoms with E-state index >= 15 is 0 Å². The van der Waals surface area contributed by atoms with E-state index in [2.05, 4.69) is 61.0 Å². The molecule has 0 bridgehead atoms. The van der Waals surface area contributed by atoms with Gasteiger partial charge in [0.05, 0.1) is 0 Å². The molecule has 118 valence electrons. The van der Waals surface area contributed by atoms with E-state index in [1.807, 2.05) is 7.05 Å². The Morgan fingerprint density at radius 1 is 1.10 bits per heavy atom. The first-order valence-corrected chi connectivity index (χ1v) is 8.24. The molecule has 2 unspecified atom stereocenters. The fourth-order valence-electron chi connectivity index (χ4n) is 3.30. The van der Waals surface area contributed by atoms with Gasteiger partial charge in [0, 0.05) is 37.9 Å². The van der Waals surface area contributed by atoms with Crippen LogP contribution in [-0.4, -0.2) is 50.7 Å². The van der Waals surface area contributed by atoms with Crippen molar-refractivity contribution in [1.82, 2.24) is 10.2 Å². The van der Waals surface area contributed by atoms with E-state index in [-0.39, 0.29) is 0 Å². The van der Waals surface area contributed by atoms with Crippen LogP contribution in [-0.2, 0) is 0 Å². The summed E-state index contributed by atoms with van der Waals surface area (Å²) in [5, 5.41) is 3.30. The molecule has 2 atom stereocenters. The molecule has 0 spiro atoms. The molecule has 0 radical (unpaired) electrons. The molecule has 1 heterocycles. The minimum absolute atomic E-state index is 0.651. The molecule has 1 fully saturated rings. The van der Waals surface area contributed by atoms with Gasteiger partial charge in [-0.05, 0) is 57.5 Å². The van der Waals surface area contributed by atoms with Gasteiger partial charge in [0.25, 0.3) is 0 Å². The molecule has 1 N–H and O–H groups in total. The summed E-state index contributed by atoms with van der Waals surface area (Å²) >= 11 is 0. The largest absolute Gasteiger partial charge is 0.369 e. The predicted octanol–water partition coefficient (Wildman–Crippen LogP) is 2.67. The van der Waals surface area contributed by atoms with Crippen molar-refractivity contribution in [3.8, 4) is 0 Å². The van der Waals surface area contributed by atoms with Gasteiger partial charge in [0.1, 0.15) is 0 Å². The van der Waals surface area contributed by atoms with Crippen LogP contribution in [0, 0.1) is 19.8 Å². The molecule has 0 aromatic heterocycles. The van der Waals surface area contributed by atoms with Crippen LogP contribution in [0.15, 0.2) is 18.2 Å². The SMILES string of the molecule is CNCC(C)C(C)N1CCN(c2cccc(C)c2C)CC1. The zero-order chi connectivity index (χ0) is 15.4. The molecule has 0 saturated carbocycles. The van der Waals surface area contributed by atoms with Crippen molar-refractivity contribution >= 4 is 5.69 Å². The number of nitrogens with one attached hydrogen (secondary N) is 1. The van der Waals surface area contributed by atoms with Crippen molar-refractivity contribution < 1.29 is 0 Å². The summed E-state index contributed by atoms with van der Waals surface area (Å²) in [7, 11) is 2.04. The quantitative estimate of drug-likeness (QED) is 0.899. The highest BCUT2D eigenvalue weighted by molar-refractivity contribution is 5.56. The average molecular weight is 289 g/mol. The standard InChI is InChI=1S/C18H31N3/c1-14-7-6-8-18(16(14)3)21-11-9-20(10-12-21)17(4)15(2)13-19-5/h6-8,15,17,19H,9-13H2,1-5H3. The van der Waals surface area contributed by atoms with Crippen molar-refractivity contribution in [3.63, 3.8) is 0 Å². The van der Waals surface area contributed by atoms with Crippen molar-refractivity contribution in [2.24, 2.45) is 5.92 Å². The molecule has 1 aliphatic rings. The molecule has 2 rings (SSSR count). The van der Waals surface area contributed by atoms with Gasteiger partial charge in [0.2, 0.25) is 0 Å². The van der Waals surface area contributed by atoms with Gasteiger partial charge in [-0.15, -0.1) is 0 Å². The lowest BCUT2D eigenvalue weighted by Gasteiger charge is -2.41. The number of hydrogen-bond donors (Lipinski definition) is 1. The number of aryl methyl sites for hydroxylation is 1. The third-order valence-electron chi connectivity index (χ3n) is 5.16. The summed E-state index contributed by atoms with van der Waals surface area (Å²) in [6, 6.07) is 7.31. The van der Waals surface area contributed by atoms with Crippen LogP contribution in [0.5, 0.6) is 0 Å². The fraction of sp³-hybridized carbons (Fsp3) is 0.667. The Bertz CT molecular complexity index is 450. The summed E-state index contributed by atoms with van der Waals surface area (Å²) in [4.78, 5) is 5.19. The predicted molar refractivity (Wildman–Crippen MR) is 92.3 cm³/mol. The highest BCUT2D eigenvalue weighted by Gasteiger charge is 2.24. The molecule has 1 saturated heterocycles. The smallest absolute Gasteiger partial charge is 0.0399 e. The molecular formula is C18H31N3. The highest BCUT2D eigenvalue weighted by Crippen LogP contribution is 2.24. The first kappa shape index (κ1) is 16.3. The molecule has 3 heteroatoms. The topological polar surface area (TPSA) is 18.5 Å². The van der Waals surface area contributed by atoms with Gasteiger partial charge in [-0.2, -0.15) is 0 Å². The van der Waals surface area contributed by atoms with Crippen molar-refractivity contribution in [2.75, 3.05) is 44.7 Å². The third kappa shape index (κ3) is 3.78. The van der Waals surface area contributed by atoms with Gasteiger partial charge in [0.15, 0.2) is 0 Å². The third-order valence-corrected chi connectivity index (χ3v) is 5.16. The highest BCUT2D eigenvalue weighted by atomic mass is 15.3. The van der Waals surface area contributed by atoms with Gasteiger partial charge in [-0.3, -0.25) is 4.90 Å². The Morgan fingerprint density at radius 2 is 1.76 bits per heavy atom. The Kier molecular flexibility index (Phi) is 5.65. The number of hydrogen-bond acceptors (Lipinski definition) is 3. The first-order valence-electron chi connectivity index (χ1n) is 8.24. The molecular weight excluding hydrogens is 258 g/mol. The van der Waals surface area contributed by atoms with Crippen LogP contribution in [0.4, 0.5) is 5.69 Å². The zero-order valence-corrected chi connectivity index (χ0v) is 14.3. The van der Waals surface area contributed by atoms with Crippen LogP contribution >= 0.6 is 0 Å². The second-order valence-electron chi connectivity index (χ2n) is 6.52. The van der Waals surface area contributed by atoms with Crippen molar-refractivity contribution in [3.05, 3.63) is 29.3 Å². The van der Waals surface area contributed by atoms with Crippen molar-refractivity contribution in [2.45, 2.75) is 33.7 Å². The van der Waals surface area contributed by atoms with Gasteiger partial charge < -0.3 is 10.2 Å². The van der Waals surface area contributed by atoms with Crippen LogP contribution in [0.25, 0.3) is 0 Å². The van der Waals surface area contributed by atoms with Crippen molar-refractivity contribution in [1.29, 1.82) is 0 Å². The minimum atomic E-state index is 0.651. The maximum Gasteiger partial charge on any atom is 0.0399 e. The van der Waals surface area contributed by atoms with Crippen LogP contribution in [0.1, 0.15) is 25.0 Å². The summed E-state index contributed by atoms with van der Waals surface area (Å²) in [5.74, 6) is 0.697. The zero-order valence-electron chi connectivity index (χ0n) is 14.3. The van der Waals surface area contributed by atoms with Crippen LogP contribution in [0.2, 0.25) is 0 Å². The number of nitrogens with zero attached hydrogens (tertiary/aromatic N) is 2. The average Bonchev–Trinajstić information content (AvgIpc) is 2.50. The molecule has 1 aliphatic heterocycles. The minimum Gasteiger partial charge on any atom is -0.369 e. The van der Waals surface area contributed by atoms with E-state index in [4.69, 9.17) is 0 Å². The molecule has 0 aliphatic carbocycles. The van der Waals surface area contributed by atoms with E-state index < -0.39 is 0 Å². The maximum absolute atomic E-state index is 3.30. The Morgan fingerprint density at radius 3 is 2.38 bits per heavy atom. The lowest BCUT2D eigenvalue weighted by atomic mass is 10.0. The first-order chi connectivity index (χ1) is 10.0. The van der Waals surface area contributed by atoms with Gasteiger partial charge in [-0.25, -0.2) is 0 Å². The van der Waals surface area contributed by atoms with Crippen LogP contribution < -0.4 is 10.2 Å². The van der Waals surface area contributed by atoms with E-state index in [1.165, 1.54) is 29.9 Å². The lowest BCUT2D eigenvalue weighted by Crippen LogP contribution is -2.52. The Balaban J connectivity index is 1.95. The number of anilines is 1. The fourth-order valence-corrected chi connectivity index (χ4v) is 3.30. The summed E-state index contributed by atoms with van der Waals surface area (Å²) in [5.41, 5.74) is 4.25. The summed E-state index contributed by atoms with van der Waals surface area (Å²) in [6.45, 7) is 14.9. The van der Waals surface area contributed by atoms with E-state index in [0.29, 0.717) is 12.0 Å². The normalized spacial score (nSPS) is 19.6. The molecule has 0 amide bonds. The molecule has 3 nitrogen and oxygen atoms in total. The Labute approximate surface area is 130 Å². The van der Waals surface area contributed by atoms with Gasteiger partial charge in [-0.1, -0.05) is 19.1 Å².